The number of carboxylic acids is 1. The van der Waals surface area contributed by atoms with Crippen molar-refractivity contribution in [3.8, 4) is 0 Å². The zero-order valence-electron chi connectivity index (χ0n) is 12.8. The van der Waals surface area contributed by atoms with Crippen LogP contribution in [0.25, 0.3) is 0 Å². The molecular formula is C17H24O4. The number of carbonyl (C=O) groups is 2. The molecule has 3 rings (SSSR count). The molecule has 4 heteroatoms. The average molecular weight is 292 g/mol. The molecule has 0 spiro atoms. The summed E-state index contributed by atoms with van der Waals surface area (Å²) in [4.78, 5) is 23.6. The smallest absolute Gasteiger partial charge is 0.309 e. The molecule has 4 nitrogen and oxygen atoms in total. The van der Waals surface area contributed by atoms with E-state index in [4.69, 9.17) is 0 Å². The largest absolute Gasteiger partial charge is 0.481 e. The Bertz CT molecular complexity index is 523. The van der Waals surface area contributed by atoms with Gasteiger partial charge in [0.05, 0.1) is 5.41 Å². The Kier molecular flexibility index (Phi) is 3.28. The van der Waals surface area contributed by atoms with Crippen molar-refractivity contribution in [2.75, 3.05) is 0 Å². The molecule has 0 bridgehead atoms. The van der Waals surface area contributed by atoms with Gasteiger partial charge < -0.3 is 10.2 Å². The van der Waals surface area contributed by atoms with Gasteiger partial charge in [-0.25, -0.2) is 0 Å². The molecule has 2 saturated carbocycles. The van der Waals surface area contributed by atoms with Gasteiger partial charge in [0, 0.05) is 0 Å². The molecule has 5 atom stereocenters. The molecule has 0 unspecified atom stereocenters. The second-order valence-electron chi connectivity index (χ2n) is 7.60. The van der Waals surface area contributed by atoms with E-state index < -0.39 is 17.5 Å². The summed E-state index contributed by atoms with van der Waals surface area (Å²) >= 11 is 0. The fourth-order valence-corrected chi connectivity index (χ4v) is 5.35. The molecule has 2 N–H and O–H groups in total. The van der Waals surface area contributed by atoms with E-state index in [1.165, 1.54) is 0 Å². The van der Waals surface area contributed by atoms with E-state index >= 15 is 0 Å². The van der Waals surface area contributed by atoms with Crippen LogP contribution in [0, 0.1) is 22.7 Å². The van der Waals surface area contributed by atoms with Gasteiger partial charge in [-0.3, -0.25) is 9.59 Å². The minimum Gasteiger partial charge on any atom is -0.481 e. The second kappa shape index (κ2) is 4.67. The highest BCUT2D eigenvalue weighted by molar-refractivity contribution is 5.95. The molecule has 0 aromatic carbocycles. The van der Waals surface area contributed by atoms with Crippen LogP contribution in [-0.2, 0) is 9.59 Å². The van der Waals surface area contributed by atoms with Crippen molar-refractivity contribution in [2.24, 2.45) is 22.7 Å². The summed E-state index contributed by atoms with van der Waals surface area (Å²) < 4.78 is 0. The number of hydrogen-bond donors (Lipinski definition) is 2. The predicted molar refractivity (Wildman–Crippen MR) is 77.6 cm³/mol. The van der Waals surface area contributed by atoms with Crippen LogP contribution in [-0.4, -0.2) is 28.1 Å². The summed E-state index contributed by atoms with van der Waals surface area (Å²) in [6.45, 7) is 4.06. The number of ketones is 1. The van der Waals surface area contributed by atoms with Crippen LogP contribution in [0.2, 0.25) is 0 Å². The Morgan fingerprint density at radius 3 is 2.71 bits per heavy atom. The molecule has 0 heterocycles. The first kappa shape index (κ1) is 14.8. The number of aliphatic hydroxyl groups is 1. The third kappa shape index (κ3) is 1.99. The zero-order valence-corrected chi connectivity index (χ0v) is 12.8. The number of rotatable bonds is 1. The summed E-state index contributed by atoms with van der Waals surface area (Å²) in [6.07, 6.45) is 5.45. The van der Waals surface area contributed by atoms with E-state index in [9.17, 15) is 19.8 Å². The first-order valence-corrected chi connectivity index (χ1v) is 7.95. The number of aliphatic hydroxyl groups excluding tert-OH is 1. The van der Waals surface area contributed by atoms with Gasteiger partial charge in [-0.2, -0.15) is 0 Å². The maximum absolute atomic E-state index is 11.8. The Labute approximate surface area is 125 Å². The minimum absolute atomic E-state index is 0.114. The van der Waals surface area contributed by atoms with Gasteiger partial charge in [-0.1, -0.05) is 18.9 Å². The van der Waals surface area contributed by atoms with Crippen molar-refractivity contribution in [1.29, 1.82) is 0 Å². The highest BCUT2D eigenvalue weighted by Gasteiger charge is 2.58. The molecule has 3 aliphatic rings. The van der Waals surface area contributed by atoms with Gasteiger partial charge in [0.25, 0.3) is 0 Å². The lowest BCUT2D eigenvalue weighted by molar-refractivity contribution is -0.165. The molecule has 0 radical (unpaired) electrons. The second-order valence-corrected chi connectivity index (χ2v) is 7.60. The Balaban J connectivity index is 2.02. The quantitative estimate of drug-likeness (QED) is 0.779. The van der Waals surface area contributed by atoms with Crippen LogP contribution in [0.5, 0.6) is 0 Å². The van der Waals surface area contributed by atoms with Gasteiger partial charge >= 0.3 is 5.97 Å². The molecule has 0 aliphatic heterocycles. The van der Waals surface area contributed by atoms with Crippen LogP contribution >= 0.6 is 0 Å². The van der Waals surface area contributed by atoms with Gasteiger partial charge in [-0.05, 0) is 62.4 Å². The third-order valence-corrected chi connectivity index (χ3v) is 6.55. The fourth-order valence-electron chi connectivity index (χ4n) is 5.35. The van der Waals surface area contributed by atoms with Crippen molar-refractivity contribution in [1.82, 2.24) is 0 Å². The van der Waals surface area contributed by atoms with Crippen LogP contribution in [0.3, 0.4) is 0 Å². The normalized spacial score (nSPS) is 46.3. The number of aliphatic carboxylic acids is 1. The lowest BCUT2D eigenvalue weighted by Gasteiger charge is -2.58. The molecule has 0 saturated heterocycles. The molecular weight excluding hydrogens is 268 g/mol. The van der Waals surface area contributed by atoms with E-state index in [0.29, 0.717) is 6.42 Å². The van der Waals surface area contributed by atoms with E-state index in [2.05, 4.69) is 6.92 Å². The minimum atomic E-state index is -0.910. The lowest BCUT2D eigenvalue weighted by Crippen LogP contribution is -2.55. The number of fused-ring (bicyclic) bond motifs is 3. The van der Waals surface area contributed by atoms with Gasteiger partial charge in [0.15, 0.2) is 5.78 Å². The summed E-state index contributed by atoms with van der Waals surface area (Å²) in [7, 11) is 0. The summed E-state index contributed by atoms with van der Waals surface area (Å²) in [5.74, 6) is -0.597. The lowest BCUT2D eigenvalue weighted by atomic mass is 9.46. The van der Waals surface area contributed by atoms with Gasteiger partial charge in [0.2, 0.25) is 0 Å². The fraction of sp³-hybridized carbons (Fsp3) is 0.765. The summed E-state index contributed by atoms with van der Waals surface area (Å²) in [5.41, 5.74) is 0.348. The number of carboxylic acid groups (broad SMARTS) is 1. The van der Waals surface area contributed by atoms with Crippen molar-refractivity contribution in [2.45, 2.75) is 58.5 Å². The van der Waals surface area contributed by atoms with E-state index in [1.54, 1.807) is 6.08 Å². The first-order chi connectivity index (χ1) is 9.79. The summed E-state index contributed by atoms with van der Waals surface area (Å²) in [5, 5.41) is 19.7. The molecule has 0 amide bonds. The molecule has 0 aromatic heterocycles. The summed E-state index contributed by atoms with van der Waals surface area (Å²) in [6, 6.07) is 0. The maximum atomic E-state index is 11.8. The van der Waals surface area contributed by atoms with Gasteiger partial charge in [0.1, 0.15) is 6.10 Å². The van der Waals surface area contributed by atoms with E-state index in [0.717, 1.165) is 37.7 Å². The first-order valence-electron chi connectivity index (χ1n) is 7.95. The van der Waals surface area contributed by atoms with Crippen LogP contribution in [0.4, 0.5) is 0 Å². The Morgan fingerprint density at radius 1 is 1.33 bits per heavy atom. The number of carbonyl (C=O) groups excluding carboxylic acids is 1. The Morgan fingerprint density at radius 2 is 2.05 bits per heavy atom. The number of hydrogen-bond acceptors (Lipinski definition) is 3. The van der Waals surface area contributed by atoms with E-state index in [-0.39, 0.29) is 23.0 Å². The third-order valence-electron chi connectivity index (χ3n) is 6.55. The van der Waals surface area contributed by atoms with Crippen molar-refractivity contribution in [3.63, 3.8) is 0 Å². The van der Waals surface area contributed by atoms with Crippen molar-refractivity contribution < 1.29 is 19.8 Å². The highest BCUT2D eigenvalue weighted by Crippen LogP contribution is 2.62. The zero-order chi connectivity index (χ0) is 15.4. The standard InChI is InChI=1S/C17H24O4/c1-16-6-3-7-17(2,15(20)21)14(16)5-4-10-8-12(18)13(19)9-11(10)16/h8,11,13-14,19H,3-7,9H2,1-2H3,(H,20,21)/t11-,13+,14+,16+,17+/m0/s1. The SMILES string of the molecule is C[C@]12CCC[C@@](C)(C(=O)O)[C@@H]1CCC1=CC(=O)[C@H](O)C[C@@H]12. The highest BCUT2D eigenvalue weighted by atomic mass is 16.4. The number of allylic oxidation sites excluding steroid dienone is 1. The van der Waals surface area contributed by atoms with Crippen molar-refractivity contribution >= 4 is 11.8 Å². The topological polar surface area (TPSA) is 74.6 Å². The van der Waals surface area contributed by atoms with Gasteiger partial charge in [-0.15, -0.1) is 0 Å². The predicted octanol–water partition coefficient (Wildman–Crippen LogP) is 2.55. The Hall–Kier alpha value is -1.16. The van der Waals surface area contributed by atoms with Crippen LogP contribution in [0.15, 0.2) is 11.6 Å². The molecule has 116 valence electrons. The van der Waals surface area contributed by atoms with Crippen molar-refractivity contribution in [3.05, 3.63) is 11.6 Å². The molecule has 21 heavy (non-hydrogen) atoms. The molecule has 2 fully saturated rings. The molecule has 3 aliphatic carbocycles. The van der Waals surface area contributed by atoms with Crippen LogP contribution < -0.4 is 0 Å². The monoisotopic (exact) mass is 292 g/mol. The van der Waals surface area contributed by atoms with Crippen LogP contribution in [0.1, 0.15) is 52.4 Å². The molecule has 0 aromatic rings. The van der Waals surface area contributed by atoms with E-state index in [1.807, 2.05) is 6.92 Å². The maximum Gasteiger partial charge on any atom is 0.309 e. The average Bonchev–Trinajstić information content (AvgIpc) is 2.40.